The lowest BCUT2D eigenvalue weighted by atomic mass is 9.94. The predicted molar refractivity (Wildman–Crippen MR) is 281 cm³/mol. The fourth-order valence-corrected chi connectivity index (χ4v) is 10.9. The van der Waals surface area contributed by atoms with Gasteiger partial charge in [0.1, 0.15) is 110 Å². The maximum atomic E-state index is 13.5. The summed E-state index contributed by atoms with van der Waals surface area (Å²) in [5.74, 6) is -3.02. The lowest BCUT2D eigenvalue weighted by Gasteiger charge is -2.51. The maximum absolute atomic E-state index is 13.5. The van der Waals surface area contributed by atoms with Gasteiger partial charge in [0, 0.05) is 83.3 Å². The van der Waals surface area contributed by atoms with Gasteiger partial charge in [0.15, 0.2) is 43.7 Å². The van der Waals surface area contributed by atoms with Gasteiger partial charge in [0.2, 0.25) is 0 Å². The van der Waals surface area contributed by atoms with Crippen molar-refractivity contribution < 1.29 is 135 Å². The third-order valence-electron chi connectivity index (χ3n) is 15.3. The van der Waals surface area contributed by atoms with Gasteiger partial charge >= 0.3 is 11.9 Å². The zero-order chi connectivity index (χ0) is 60.0. The number of unbranched alkanes of at least 4 members (excludes halogenated alkanes) is 4. The molecular weight excluding hydrogens is 1100 g/mol. The van der Waals surface area contributed by atoms with E-state index in [1.54, 1.807) is 0 Å². The Morgan fingerprint density at radius 3 is 1.13 bits per heavy atom. The van der Waals surface area contributed by atoms with Crippen LogP contribution in [0, 0.1) is 0 Å². The molecule has 5 N–H and O–H groups in total. The van der Waals surface area contributed by atoms with Crippen LogP contribution in [0.4, 0.5) is 0 Å². The lowest BCUT2D eigenvalue weighted by Crippen LogP contribution is -2.69. The number of hydrogen-bond donors (Lipinski definition) is 5. The Bertz CT molecular complexity index is 1780. The SMILES string of the molecule is CCCCOC[C@H]1O[C@H](OC)[C@H](OCCCC)[C@@H](OCCCC)[C@@H]1O[C@@H]1O[C@@H](C(=O)O)[C@@H](O[C@H]2O[C@H](CO)[C@@H](O[C@@H]3O[C@H](C(=O)O)[C@@H](O[C@H]4O[C@H](CO)[C@@H](OC)[C@H](OC)[C@H]4OC)[C@H](OC)[C@H]3OC)[C@H](O)[C@H]2OCCCC)[C@H](OC)[C@H]1OC. The number of methoxy groups -OCH3 is 8. The minimum absolute atomic E-state index is 0.0392. The number of hydrogen-bond acceptors (Lipinski definition) is 26. The van der Waals surface area contributed by atoms with E-state index in [0.717, 1.165) is 32.1 Å². The van der Waals surface area contributed by atoms with Crippen molar-refractivity contribution in [1.29, 1.82) is 0 Å². The highest BCUT2D eigenvalue weighted by Gasteiger charge is 2.60. The Hall–Kier alpha value is -2.02. The zero-order valence-electron chi connectivity index (χ0n) is 49.7. The van der Waals surface area contributed by atoms with Crippen LogP contribution in [-0.2, 0) is 109 Å². The summed E-state index contributed by atoms with van der Waals surface area (Å²) < 4.78 is 129. The van der Waals surface area contributed by atoms with Crippen molar-refractivity contribution in [2.75, 3.05) is 103 Å². The molecule has 82 heavy (non-hydrogen) atoms. The van der Waals surface area contributed by atoms with Crippen LogP contribution in [0.25, 0.3) is 0 Å². The van der Waals surface area contributed by atoms with Gasteiger partial charge in [-0.25, -0.2) is 9.59 Å². The number of ether oxygens (including phenoxy) is 21. The summed E-state index contributed by atoms with van der Waals surface area (Å²) in [6, 6.07) is 0. The fourth-order valence-electron chi connectivity index (χ4n) is 10.9. The van der Waals surface area contributed by atoms with Crippen LogP contribution in [0.2, 0.25) is 0 Å². The molecule has 0 bridgehead atoms. The number of aliphatic hydroxyl groups is 3. The predicted octanol–water partition coefficient (Wildman–Crippen LogP) is 0.790. The molecule has 28 heteroatoms. The first kappa shape index (κ1) is 70.7. The number of rotatable bonds is 37. The first-order valence-corrected chi connectivity index (χ1v) is 28.6. The van der Waals surface area contributed by atoms with E-state index < -0.39 is 179 Å². The van der Waals surface area contributed by atoms with Gasteiger partial charge in [0.25, 0.3) is 0 Å². The van der Waals surface area contributed by atoms with Crippen molar-refractivity contribution in [3.05, 3.63) is 0 Å². The Labute approximate surface area is 481 Å². The fraction of sp³-hybridized carbons (Fsp3) is 0.963. The molecular formula is C54H96O28. The maximum Gasteiger partial charge on any atom is 0.335 e. The number of aliphatic hydroxyl groups excluding tert-OH is 3. The van der Waals surface area contributed by atoms with Crippen molar-refractivity contribution in [2.24, 2.45) is 0 Å². The number of carboxylic acids is 2. The molecule has 5 saturated heterocycles. The molecule has 0 unspecified atom stereocenters. The number of carboxylic acid groups (broad SMARTS) is 2. The quantitative estimate of drug-likeness (QED) is 0.0537. The molecule has 5 heterocycles. The molecule has 0 aromatic carbocycles. The topological polar surface area (TPSA) is 329 Å². The molecule has 5 aliphatic heterocycles. The van der Waals surface area contributed by atoms with Gasteiger partial charge in [-0.1, -0.05) is 53.4 Å². The van der Waals surface area contributed by atoms with E-state index in [1.807, 2.05) is 27.7 Å². The highest BCUT2D eigenvalue weighted by Crippen LogP contribution is 2.40. The molecule has 0 aliphatic carbocycles. The van der Waals surface area contributed by atoms with Crippen LogP contribution < -0.4 is 0 Å². The number of aliphatic carboxylic acids is 2. The second-order valence-corrected chi connectivity index (χ2v) is 20.5. The van der Waals surface area contributed by atoms with Crippen molar-refractivity contribution in [2.45, 2.75) is 233 Å². The minimum Gasteiger partial charge on any atom is -0.479 e. The Morgan fingerprint density at radius 2 is 0.720 bits per heavy atom. The molecule has 28 nitrogen and oxygen atoms in total. The largest absolute Gasteiger partial charge is 0.479 e. The van der Waals surface area contributed by atoms with Crippen LogP contribution in [0.15, 0.2) is 0 Å². The average Bonchev–Trinajstić information content (AvgIpc) is 3.68. The summed E-state index contributed by atoms with van der Waals surface area (Å²) >= 11 is 0. The molecule has 0 spiro atoms. The smallest absolute Gasteiger partial charge is 0.335 e. The second-order valence-electron chi connectivity index (χ2n) is 20.5. The summed E-state index contributed by atoms with van der Waals surface area (Å²) in [5.41, 5.74) is 0. The lowest BCUT2D eigenvalue weighted by molar-refractivity contribution is -0.394. The van der Waals surface area contributed by atoms with Gasteiger partial charge in [-0.2, -0.15) is 0 Å². The van der Waals surface area contributed by atoms with Gasteiger partial charge in [-0.05, 0) is 25.7 Å². The molecule has 0 amide bonds. The molecule has 0 saturated carbocycles. The van der Waals surface area contributed by atoms with Crippen molar-refractivity contribution >= 4 is 11.9 Å². The Balaban J connectivity index is 1.44. The standard InChI is InChI=1S/C54H96O28/c1-13-17-21-70-27-30-34(39(72-23-19-15-3)47(50(69-12)76-30)73-24-20-16-4)78-54-46(68-11)37(64-7)40(42(82-54)48(58)59)79-51-35(71-22-18-14-2)31(57)32(28(25-55)74-51)77-53-45(67-10)38(65-8)41(43(81-53)49(60)61)80-52-44(66-9)36(63-6)33(62-5)29(26-56)75-52/h28-47,50-57H,13-27H2,1-12H3,(H,58,59)(H,60,61)/t28-,29-,30-,31+,32-,33-,34-,35-,36+,37+,38+,39+,40+,41+,42-,43+,44-,45-,46-,47-,50+,51-,52-,53-,54-/m1/s1. The summed E-state index contributed by atoms with van der Waals surface area (Å²) in [6.45, 7) is 7.89. The summed E-state index contributed by atoms with van der Waals surface area (Å²) in [5, 5.41) is 55.3. The van der Waals surface area contributed by atoms with Crippen LogP contribution in [0.5, 0.6) is 0 Å². The monoisotopic (exact) mass is 1190 g/mol. The van der Waals surface area contributed by atoms with Crippen LogP contribution >= 0.6 is 0 Å². The van der Waals surface area contributed by atoms with Crippen molar-refractivity contribution in [3.8, 4) is 0 Å². The first-order valence-electron chi connectivity index (χ1n) is 28.6. The van der Waals surface area contributed by atoms with E-state index in [1.165, 1.54) is 56.9 Å². The molecule has 0 aromatic heterocycles. The van der Waals surface area contributed by atoms with Crippen LogP contribution in [0.3, 0.4) is 0 Å². The summed E-state index contributed by atoms with van der Waals surface area (Å²) in [4.78, 5) is 26.7. The third-order valence-corrected chi connectivity index (χ3v) is 15.3. The van der Waals surface area contributed by atoms with Crippen LogP contribution in [-0.4, -0.2) is 294 Å². The molecule has 0 aromatic rings. The molecule has 5 fully saturated rings. The van der Waals surface area contributed by atoms with E-state index in [2.05, 4.69) is 0 Å². The summed E-state index contributed by atoms with van der Waals surface area (Å²) in [6.07, 6.45) is -26.4. The van der Waals surface area contributed by atoms with Crippen molar-refractivity contribution in [1.82, 2.24) is 0 Å². The molecule has 5 rings (SSSR count). The minimum atomic E-state index is -1.87. The van der Waals surface area contributed by atoms with E-state index >= 15 is 0 Å². The zero-order valence-corrected chi connectivity index (χ0v) is 49.7. The molecule has 5 aliphatic rings. The first-order chi connectivity index (χ1) is 39.7. The number of carbonyl (C=O) groups is 2. The highest BCUT2D eigenvalue weighted by molar-refractivity contribution is 5.74. The van der Waals surface area contributed by atoms with Crippen molar-refractivity contribution in [3.63, 3.8) is 0 Å². The normalized spacial score (nSPS) is 40.0. The average molecular weight is 1190 g/mol. The van der Waals surface area contributed by atoms with Gasteiger partial charge < -0.3 is 125 Å². The molecule has 0 radical (unpaired) electrons. The molecule has 480 valence electrons. The van der Waals surface area contributed by atoms with E-state index in [4.69, 9.17) is 99.5 Å². The van der Waals surface area contributed by atoms with Crippen LogP contribution in [0.1, 0.15) is 79.1 Å². The second kappa shape index (κ2) is 36.3. The third kappa shape index (κ3) is 17.4. The Kier molecular flexibility index (Phi) is 31.3. The van der Waals surface area contributed by atoms with Gasteiger partial charge in [-0.15, -0.1) is 0 Å². The van der Waals surface area contributed by atoms with E-state index in [9.17, 15) is 35.1 Å². The van der Waals surface area contributed by atoms with E-state index in [-0.39, 0.29) is 13.2 Å². The Morgan fingerprint density at radius 1 is 0.366 bits per heavy atom. The molecule has 25 atom stereocenters. The van der Waals surface area contributed by atoms with Gasteiger partial charge in [0.05, 0.1) is 19.8 Å². The van der Waals surface area contributed by atoms with E-state index in [0.29, 0.717) is 39.1 Å². The summed E-state index contributed by atoms with van der Waals surface area (Å²) in [7, 11) is 10.9. The van der Waals surface area contributed by atoms with Gasteiger partial charge in [-0.3, -0.25) is 0 Å². The highest BCUT2D eigenvalue weighted by atomic mass is 16.8.